The van der Waals surface area contributed by atoms with E-state index in [0.29, 0.717) is 11.3 Å². The Morgan fingerprint density at radius 2 is 1.95 bits per heavy atom. The van der Waals surface area contributed by atoms with Crippen molar-refractivity contribution in [1.82, 2.24) is 5.32 Å². The molecule has 0 aliphatic carbocycles. The highest BCUT2D eigenvalue weighted by atomic mass is 16.5. The molecule has 0 aromatic heterocycles. The minimum absolute atomic E-state index is 0.0620. The van der Waals surface area contributed by atoms with Crippen LogP contribution in [0.5, 0.6) is 0 Å². The molecule has 0 spiro atoms. The maximum Gasteiger partial charge on any atom is 0.335 e. The molecule has 1 unspecified atom stereocenters. The molecule has 3 N–H and O–H groups in total. The van der Waals surface area contributed by atoms with Gasteiger partial charge in [-0.2, -0.15) is 0 Å². The van der Waals surface area contributed by atoms with Gasteiger partial charge in [-0.15, -0.1) is 0 Å². The van der Waals surface area contributed by atoms with Crippen molar-refractivity contribution in [2.24, 2.45) is 0 Å². The highest BCUT2D eigenvalue weighted by Crippen LogP contribution is 2.16. The number of hydrogen-bond donors (Lipinski definition) is 3. The van der Waals surface area contributed by atoms with E-state index in [1.54, 1.807) is 13.0 Å². The predicted molar refractivity (Wildman–Crippen MR) is 71.8 cm³/mol. The van der Waals surface area contributed by atoms with Crippen LogP contribution in [0, 0.1) is 6.92 Å². The second-order valence-electron chi connectivity index (χ2n) is 4.18. The van der Waals surface area contributed by atoms with Gasteiger partial charge in [0.25, 0.3) is 0 Å². The number of aromatic carboxylic acids is 1. The van der Waals surface area contributed by atoms with Crippen molar-refractivity contribution in [3.8, 4) is 0 Å². The molecule has 0 heterocycles. The standard InChI is InChI=1S/C13H16N2O5/c1-7-4-5-9(11(16)17)6-10(7)15-13(19)14-8(2)12(18)20-3/h4-6,8H,1-3H3,(H,16,17)(H2,14,15,19). The number of esters is 1. The molecule has 1 atom stereocenters. The second kappa shape index (κ2) is 6.55. The molecule has 108 valence electrons. The second-order valence-corrected chi connectivity index (χ2v) is 4.18. The SMILES string of the molecule is COC(=O)C(C)NC(=O)Nc1cc(C(=O)O)ccc1C. The lowest BCUT2D eigenvalue weighted by Gasteiger charge is -2.14. The molecule has 0 aliphatic heterocycles. The molecule has 0 saturated carbocycles. The zero-order chi connectivity index (χ0) is 15.3. The fourth-order valence-corrected chi connectivity index (χ4v) is 1.48. The van der Waals surface area contributed by atoms with Gasteiger partial charge < -0.3 is 20.5 Å². The fourth-order valence-electron chi connectivity index (χ4n) is 1.48. The molecule has 1 aromatic rings. The summed E-state index contributed by atoms with van der Waals surface area (Å²) in [6.07, 6.45) is 0. The van der Waals surface area contributed by atoms with Gasteiger partial charge in [0.1, 0.15) is 6.04 Å². The summed E-state index contributed by atoms with van der Waals surface area (Å²) < 4.78 is 4.48. The Bertz CT molecular complexity index is 542. The van der Waals surface area contributed by atoms with E-state index >= 15 is 0 Å². The topological polar surface area (TPSA) is 105 Å². The van der Waals surface area contributed by atoms with E-state index < -0.39 is 24.0 Å². The van der Waals surface area contributed by atoms with Crippen LogP contribution in [-0.2, 0) is 9.53 Å². The maximum absolute atomic E-state index is 11.7. The molecule has 20 heavy (non-hydrogen) atoms. The number of rotatable bonds is 4. The number of anilines is 1. The Labute approximate surface area is 115 Å². The van der Waals surface area contributed by atoms with E-state index in [2.05, 4.69) is 15.4 Å². The molecule has 0 saturated heterocycles. The third-order valence-corrected chi connectivity index (χ3v) is 2.64. The Morgan fingerprint density at radius 1 is 1.30 bits per heavy atom. The van der Waals surface area contributed by atoms with Gasteiger partial charge >= 0.3 is 18.0 Å². The number of ether oxygens (including phenoxy) is 1. The van der Waals surface area contributed by atoms with E-state index in [0.717, 1.165) is 0 Å². The number of carbonyl (C=O) groups excluding carboxylic acids is 2. The molecular weight excluding hydrogens is 264 g/mol. The first-order valence-corrected chi connectivity index (χ1v) is 5.84. The fraction of sp³-hybridized carbons (Fsp3) is 0.308. The van der Waals surface area contributed by atoms with Gasteiger partial charge in [-0.25, -0.2) is 14.4 Å². The summed E-state index contributed by atoms with van der Waals surface area (Å²) in [5.41, 5.74) is 1.13. The lowest BCUT2D eigenvalue weighted by molar-refractivity contribution is -0.142. The summed E-state index contributed by atoms with van der Waals surface area (Å²) in [6.45, 7) is 3.21. The molecular formula is C13H16N2O5. The molecule has 1 aromatic carbocycles. The molecule has 0 bridgehead atoms. The van der Waals surface area contributed by atoms with Gasteiger partial charge in [-0.3, -0.25) is 0 Å². The summed E-state index contributed by atoms with van der Waals surface area (Å²) in [4.78, 5) is 33.7. The molecule has 2 amide bonds. The third kappa shape index (κ3) is 3.98. The highest BCUT2D eigenvalue weighted by molar-refractivity contribution is 5.95. The van der Waals surface area contributed by atoms with Crippen LogP contribution in [0.3, 0.4) is 0 Å². The number of carboxylic acid groups (broad SMARTS) is 1. The number of carboxylic acids is 1. The Morgan fingerprint density at radius 3 is 2.50 bits per heavy atom. The average molecular weight is 280 g/mol. The van der Waals surface area contributed by atoms with Crippen molar-refractivity contribution >= 4 is 23.7 Å². The van der Waals surface area contributed by atoms with Gasteiger partial charge in [0, 0.05) is 5.69 Å². The number of urea groups is 1. The Hall–Kier alpha value is -2.57. The van der Waals surface area contributed by atoms with Gasteiger partial charge in [0.15, 0.2) is 0 Å². The van der Waals surface area contributed by atoms with Crippen LogP contribution in [-0.4, -0.2) is 36.2 Å². The van der Waals surface area contributed by atoms with Crippen molar-refractivity contribution in [2.75, 3.05) is 12.4 Å². The highest BCUT2D eigenvalue weighted by Gasteiger charge is 2.16. The van der Waals surface area contributed by atoms with Crippen molar-refractivity contribution in [1.29, 1.82) is 0 Å². The monoisotopic (exact) mass is 280 g/mol. The van der Waals surface area contributed by atoms with Crippen LogP contribution in [0.15, 0.2) is 18.2 Å². The van der Waals surface area contributed by atoms with Crippen LogP contribution < -0.4 is 10.6 Å². The van der Waals surface area contributed by atoms with E-state index in [9.17, 15) is 14.4 Å². The van der Waals surface area contributed by atoms with Crippen LogP contribution in [0.4, 0.5) is 10.5 Å². The van der Waals surface area contributed by atoms with Crippen LogP contribution in [0.25, 0.3) is 0 Å². The summed E-state index contributed by atoms with van der Waals surface area (Å²) in [6, 6.07) is 2.96. The number of aryl methyl sites for hydroxylation is 1. The summed E-state index contributed by atoms with van der Waals surface area (Å²) in [5, 5.41) is 13.8. The predicted octanol–water partition coefficient (Wildman–Crippen LogP) is 1.38. The van der Waals surface area contributed by atoms with Crippen molar-refractivity contribution in [3.63, 3.8) is 0 Å². The Balaban J connectivity index is 2.77. The summed E-state index contributed by atoms with van der Waals surface area (Å²) >= 11 is 0. The molecule has 0 fully saturated rings. The summed E-state index contributed by atoms with van der Waals surface area (Å²) in [7, 11) is 1.22. The van der Waals surface area contributed by atoms with Crippen LogP contribution in [0.1, 0.15) is 22.8 Å². The average Bonchev–Trinajstić information content (AvgIpc) is 2.39. The smallest absolute Gasteiger partial charge is 0.335 e. The molecule has 0 radical (unpaired) electrons. The number of methoxy groups -OCH3 is 1. The van der Waals surface area contributed by atoms with E-state index in [4.69, 9.17) is 5.11 Å². The van der Waals surface area contributed by atoms with Gasteiger partial charge in [-0.05, 0) is 31.5 Å². The van der Waals surface area contributed by atoms with Crippen molar-refractivity contribution < 1.29 is 24.2 Å². The molecule has 1 rings (SSSR count). The minimum atomic E-state index is -1.09. The zero-order valence-corrected chi connectivity index (χ0v) is 11.4. The van der Waals surface area contributed by atoms with Crippen molar-refractivity contribution in [2.45, 2.75) is 19.9 Å². The quantitative estimate of drug-likeness (QED) is 0.723. The maximum atomic E-state index is 11.7. The minimum Gasteiger partial charge on any atom is -0.478 e. The molecule has 0 aliphatic rings. The van der Waals surface area contributed by atoms with Gasteiger partial charge in [0.05, 0.1) is 12.7 Å². The number of carbonyl (C=O) groups is 3. The molecule has 7 heteroatoms. The van der Waals surface area contributed by atoms with Gasteiger partial charge in [-0.1, -0.05) is 6.07 Å². The zero-order valence-electron chi connectivity index (χ0n) is 11.4. The number of nitrogens with one attached hydrogen (secondary N) is 2. The van der Waals surface area contributed by atoms with Crippen LogP contribution in [0.2, 0.25) is 0 Å². The summed E-state index contributed by atoms with van der Waals surface area (Å²) in [5.74, 6) is -1.66. The van der Waals surface area contributed by atoms with Crippen molar-refractivity contribution in [3.05, 3.63) is 29.3 Å². The first-order valence-electron chi connectivity index (χ1n) is 5.84. The van der Waals surface area contributed by atoms with Gasteiger partial charge in [0.2, 0.25) is 0 Å². The normalized spacial score (nSPS) is 11.3. The Kier molecular flexibility index (Phi) is 5.08. The lowest BCUT2D eigenvalue weighted by Crippen LogP contribution is -2.41. The van der Waals surface area contributed by atoms with E-state index in [1.807, 2.05) is 0 Å². The van der Waals surface area contributed by atoms with Crippen LogP contribution >= 0.6 is 0 Å². The number of amides is 2. The largest absolute Gasteiger partial charge is 0.478 e. The number of benzene rings is 1. The van der Waals surface area contributed by atoms with E-state index in [1.165, 1.54) is 26.2 Å². The third-order valence-electron chi connectivity index (χ3n) is 2.64. The number of hydrogen-bond acceptors (Lipinski definition) is 4. The molecule has 7 nitrogen and oxygen atoms in total. The van der Waals surface area contributed by atoms with E-state index in [-0.39, 0.29) is 5.56 Å². The first-order chi connectivity index (χ1) is 9.35. The lowest BCUT2D eigenvalue weighted by atomic mass is 10.1. The first kappa shape index (κ1) is 15.5.